The zero-order valence-electron chi connectivity index (χ0n) is 5.56. The predicted molar refractivity (Wildman–Crippen MR) is 36.9 cm³/mol. The Kier molecular flexibility index (Phi) is 1.78. The molecule has 0 atom stereocenters. The zero-order valence-corrected chi connectivity index (χ0v) is 5.56. The van der Waals surface area contributed by atoms with Gasteiger partial charge < -0.3 is 5.11 Å². The molecule has 0 amide bonds. The van der Waals surface area contributed by atoms with Gasteiger partial charge in [0, 0.05) is 6.42 Å². The second-order valence-electron chi connectivity index (χ2n) is 2.81. The van der Waals surface area contributed by atoms with Gasteiger partial charge in [0.15, 0.2) is 0 Å². The summed E-state index contributed by atoms with van der Waals surface area (Å²) in [6.45, 7) is 0. The van der Waals surface area contributed by atoms with Gasteiger partial charge in [-0.1, -0.05) is 12.8 Å². The van der Waals surface area contributed by atoms with Crippen LogP contribution in [0.2, 0.25) is 0 Å². The van der Waals surface area contributed by atoms with Crippen LogP contribution in [0, 0.1) is 12.3 Å². The SMILES string of the molecule is C#CCC1(O)CCCC1. The van der Waals surface area contributed by atoms with Crippen LogP contribution in [0.3, 0.4) is 0 Å². The lowest BCUT2D eigenvalue weighted by Gasteiger charge is -2.17. The first-order valence-electron chi connectivity index (χ1n) is 3.43. The highest BCUT2D eigenvalue weighted by Gasteiger charge is 2.29. The van der Waals surface area contributed by atoms with Crippen molar-refractivity contribution in [2.45, 2.75) is 37.7 Å². The monoisotopic (exact) mass is 124 g/mol. The summed E-state index contributed by atoms with van der Waals surface area (Å²) < 4.78 is 0. The summed E-state index contributed by atoms with van der Waals surface area (Å²) in [6, 6.07) is 0. The molecular formula is C8H12O. The number of hydrogen-bond donors (Lipinski definition) is 1. The van der Waals surface area contributed by atoms with Gasteiger partial charge in [-0.15, -0.1) is 12.3 Å². The van der Waals surface area contributed by atoms with Crippen LogP contribution in [0.5, 0.6) is 0 Å². The number of aliphatic hydroxyl groups is 1. The quantitative estimate of drug-likeness (QED) is 0.522. The third-order valence-corrected chi connectivity index (χ3v) is 1.97. The van der Waals surface area contributed by atoms with Crippen LogP contribution in [0.25, 0.3) is 0 Å². The van der Waals surface area contributed by atoms with E-state index >= 15 is 0 Å². The Morgan fingerprint density at radius 1 is 1.44 bits per heavy atom. The predicted octanol–water partition coefficient (Wildman–Crippen LogP) is 1.31. The van der Waals surface area contributed by atoms with Crippen molar-refractivity contribution in [3.05, 3.63) is 0 Å². The minimum Gasteiger partial charge on any atom is -0.389 e. The molecule has 1 fully saturated rings. The van der Waals surface area contributed by atoms with Gasteiger partial charge in [-0.25, -0.2) is 0 Å². The number of rotatable bonds is 1. The van der Waals surface area contributed by atoms with Crippen molar-refractivity contribution in [2.75, 3.05) is 0 Å². The Morgan fingerprint density at radius 2 is 2.00 bits per heavy atom. The topological polar surface area (TPSA) is 20.2 Å². The van der Waals surface area contributed by atoms with E-state index in [0.29, 0.717) is 6.42 Å². The maximum absolute atomic E-state index is 9.55. The van der Waals surface area contributed by atoms with E-state index < -0.39 is 5.60 Å². The first-order valence-corrected chi connectivity index (χ1v) is 3.43. The fraction of sp³-hybridized carbons (Fsp3) is 0.750. The van der Waals surface area contributed by atoms with Gasteiger partial charge in [-0.05, 0) is 12.8 Å². The summed E-state index contributed by atoms with van der Waals surface area (Å²) in [7, 11) is 0. The summed E-state index contributed by atoms with van der Waals surface area (Å²) in [5.41, 5.74) is -0.491. The van der Waals surface area contributed by atoms with Crippen LogP contribution in [-0.2, 0) is 0 Å². The van der Waals surface area contributed by atoms with Crippen molar-refractivity contribution in [3.63, 3.8) is 0 Å². The molecule has 1 nitrogen and oxygen atoms in total. The maximum Gasteiger partial charge on any atom is 0.0756 e. The molecular weight excluding hydrogens is 112 g/mol. The van der Waals surface area contributed by atoms with E-state index in [2.05, 4.69) is 5.92 Å². The fourth-order valence-corrected chi connectivity index (χ4v) is 1.40. The molecule has 0 bridgehead atoms. The Morgan fingerprint density at radius 3 is 2.44 bits per heavy atom. The molecule has 0 unspecified atom stereocenters. The lowest BCUT2D eigenvalue weighted by atomic mass is 9.99. The third kappa shape index (κ3) is 1.46. The van der Waals surface area contributed by atoms with Crippen LogP contribution in [0.4, 0.5) is 0 Å². The van der Waals surface area contributed by atoms with Crippen LogP contribution < -0.4 is 0 Å². The van der Waals surface area contributed by atoms with Crippen molar-refractivity contribution < 1.29 is 5.11 Å². The number of terminal acetylenes is 1. The van der Waals surface area contributed by atoms with Gasteiger partial charge in [0.05, 0.1) is 5.60 Å². The van der Waals surface area contributed by atoms with Crippen molar-refractivity contribution in [2.24, 2.45) is 0 Å². The summed E-state index contributed by atoms with van der Waals surface area (Å²) >= 11 is 0. The van der Waals surface area contributed by atoms with Crippen LogP contribution >= 0.6 is 0 Å². The van der Waals surface area contributed by atoms with Crippen LogP contribution in [-0.4, -0.2) is 10.7 Å². The molecule has 0 heterocycles. The largest absolute Gasteiger partial charge is 0.389 e. The second kappa shape index (κ2) is 2.41. The molecule has 0 spiro atoms. The molecule has 1 aliphatic carbocycles. The third-order valence-electron chi connectivity index (χ3n) is 1.97. The Balaban J connectivity index is 2.43. The van der Waals surface area contributed by atoms with E-state index in [4.69, 9.17) is 6.42 Å². The van der Waals surface area contributed by atoms with Crippen molar-refractivity contribution in [1.29, 1.82) is 0 Å². The summed E-state index contributed by atoms with van der Waals surface area (Å²) in [6.07, 6.45) is 9.69. The molecule has 1 aliphatic rings. The van der Waals surface area contributed by atoms with Gasteiger partial charge in [0.25, 0.3) is 0 Å². The minimum atomic E-state index is -0.491. The second-order valence-corrected chi connectivity index (χ2v) is 2.81. The van der Waals surface area contributed by atoms with Gasteiger partial charge in [0.1, 0.15) is 0 Å². The standard InChI is InChI=1S/C8H12O/c1-2-5-8(9)6-3-4-7-8/h1,9H,3-7H2. The summed E-state index contributed by atoms with van der Waals surface area (Å²) in [4.78, 5) is 0. The Bertz CT molecular complexity index is 126. The van der Waals surface area contributed by atoms with E-state index in [0.717, 1.165) is 25.7 Å². The highest BCUT2D eigenvalue weighted by molar-refractivity contribution is 4.97. The Hall–Kier alpha value is -0.480. The summed E-state index contributed by atoms with van der Waals surface area (Å²) in [5, 5.41) is 9.55. The van der Waals surface area contributed by atoms with E-state index in [1.165, 1.54) is 0 Å². The molecule has 9 heavy (non-hydrogen) atoms. The van der Waals surface area contributed by atoms with Crippen molar-refractivity contribution >= 4 is 0 Å². The Labute approximate surface area is 56.1 Å². The lowest BCUT2D eigenvalue weighted by Crippen LogP contribution is -2.22. The molecule has 1 heteroatoms. The van der Waals surface area contributed by atoms with Crippen molar-refractivity contribution in [3.8, 4) is 12.3 Å². The molecule has 0 saturated heterocycles. The molecule has 1 N–H and O–H groups in total. The maximum atomic E-state index is 9.55. The first-order chi connectivity index (χ1) is 4.27. The molecule has 0 aromatic rings. The molecule has 1 rings (SSSR count). The summed E-state index contributed by atoms with van der Waals surface area (Å²) in [5.74, 6) is 2.50. The molecule has 50 valence electrons. The van der Waals surface area contributed by atoms with Crippen LogP contribution in [0.1, 0.15) is 32.1 Å². The van der Waals surface area contributed by atoms with Gasteiger partial charge >= 0.3 is 0 Å². The first kappa shape index (κ1) is 6.64. The minimum absolute atomic E-state index is 0.491. The number of hydrogen-bond acceptors (Lipinski definition) is 1. The van der Waals surface area contributed by atoms with E-state index in [1.54, 1.807) is 0 Å². The van der Waals surface area contributed by atoms with E-state index in [1.807, 2.05) is 0 Å². The van der Waals surface area contributed by atoms with Gasteiger partial charge in [0.2, 0.25) is 0 Å². The molecule has 0 aromatic carbocycles. The van der Waals surface area contributed by atoms with Crippen molar-refractivity contribution in [1.82, 2.24) is 0 Å². The van der Waals surface area contributed by atoms with E-state index in [-0.39, 0.29) is 0 Å². The average Bonchev–Trinajstić information content (AvgIpc) is 2.16. The zero-order chi connectivity index (χ0) is 6.74. The molecule has 0 radical (unpaired) electrons. The lowest BCUT2D eigenvalue weighted by molar-refractivity contribution is 0.0532. The van der Waals surface area contributed by atoms with Gasteiger partial charge in [-0.3, -0.25) is 0 Å². The fourth-order valence-electron chi connectivity index (χ4n) is 1.40. The highest BCUT2D eigenvalue weighted by Crippen LogP contribution is 2.31. The highest BCUT2D eigenvalue weighted by atomic mass is 16.3. The van der Waals surface area contributed by atoms with Gasteiger partial charge in [-0.2, -0.15) is 0 Å². The normalized spacial score (nSPS) is 23.6. The molecule has 0 aromatic heterocycles. The van der Waals surface area contributed by atoms with E-state index in [9.17, 15) is 5.11 Å². The molecule has 0 aliphatic heterocycles. The molecule has 1 saturated carbocycles. The smallest absolute Gasteiger partial charge is 0.0756 e. The average molecular weight is 124 g/mol. The van der Waals surface area contributed by atoms with Crippen LogP contribution in [0.15, 0.2) is 0 Å².